The van der Waals surface area contributed by atoms with Gasteiger partial charge < -0.3 is 5.11 Å². The van der Waals surface area contributed by atoms with E-state index in [0.717, 1.165) is 22.3 Å². The maximum atomic E-state index is 13.0. The van der Waals surface area contributed by atoms with Crippen LogP contribution in [-0.2, 0) is 4.79 Å². The number of aliphatic carboxylic acids is 1. The summed E-state index contributed by atoms with van der Waals surface area (Å²) in [7, 11) is 0. The Hall–Kier alpha value is -3.25. The van der Waals surface area contributed by atoms with Crippen LogP contribution in [0.5, 0.6) is 0 Å². The summed E-state index contributed by atoms with van der Waals surface area (Å²) in [6.45, 7) is 1.74. The lowest BCUT2D eigenvalue weighted by atomic mass is 10.0. The Morgan fingerprint density at radius 3 is 2.36 bits per heavy atom. The molecule has 2 heterocycles. The lowest BCUT2D eigenvalue weighted by molar-refractivity contribution is -0.141. The van der Waals surface area contributed by atoms with Gasteiger partial charge in [-0.1, -0.05) is 61.5 Å². The third-order valence-electron chi connectivity index (χ3n) is 4.83. The predicted molar refractivity (Wildman–Crippen MR) is 112 cm³/mol. The van der Waals surface area contributed by atoms with Crippen molar-refractivity contribution in [3.8, 4) is 22.3 Å². The number of nitrogens with zero attached hydrogens (tertiary/aromatic N) is 2. The van der Waals surface area contributed by atoms with Crippen molar-refractivity contribution in [3.63, 3.8) is 0 Å². The van der Waals surface area contributed by atoms with Crippen molar-refractivity contribution in [2.45, 2.75) is 19.4 Å². The quantitative estimate of drug-likeness (QED) is 0.530. The molecule has 2 aromatic carbocycles. The number of carbonyl (C=O) groups is 1. The zero-order valence-corrected chi connectivity index (χ0v) is 16.0. The largest absolute Gasteiger partial charge is 0.480 e. The first-order chi connectivity index (χ1) is 13.6. The summed E-state index contributed by atoms with van der Waals surface area (Å²) in [5.74, 6) is -1.03. The molecule has 1 atom stereocenters. The van der Waals surface area contributed by atoms with Crippen LogP contribution in [-0.4, -0.2) is 20.6 Å². The molecule has 0 spiro atoms. The van der Waals surface area contributed by atoms with E-state index in [9.17, 15) is 14.7 Å². The number of carboxylic acids is 1. The minimum Gasteiger partial charge on any atom is -0.480 e. The van der Waals surface area contributed by atoms with Gasteiger partial charge in [0.05, 0.1) is 11.7 Å². The molecule has 0 aliphatic heterocycles. The van der Waals surface area contributed by atoms with Crippen LogP contribution < -0.4 is 5.56 Å². The van der Waals surface area contributed by atoms with Crippen LogP contribution in [0.4, 0.5) is 0 Å². The molecule has 1 N–H and O–H groups in total. The van der Waals surface area contributed by atoms with Gasteiger partial charge >= 0.3 is 5.97 Å². The molecule has 0 bridgehead atoms. The van der Waals surface area contributed by atoms with Crippen LogP contribution >= 0.6 is 11.3 Å². The zero-order chi connectivity index (χ0) is 19.7. The summed E-state index contributed by atoms with van der Waals surface area (Å²) in [4.78, 5) is 29.5. The number of fused-ring (bicyclic) bond motifs is 1. The zero-order valence-electron chi connectivity index (χ0n) is 15.2. The van der Waals surface area contributed by atoms with Crippen molar-refractivity contribution in [3.05, 3.63) is 76.7 Å². The van der Waals surface area contributed by atoms with Gasteiger partial charge in [0.2, 0.25) is 0 Å². The van der Waals surface area contributed by atoms with Gasteiger partial charge in [0.15, 0.2) is 0 Å². The van der Waals surface area contributed by atoms with E-state index in [2.05, 4.69) is 4.98 Å². The van der Waals surface area contributed by atoms with Gasteiger partial charge in [0, 0.05) is 10.9 Å². The summed E-state index contributed by atoms with van der Waals surface area (Å²) in [5.41, 5.74) is 3.59. The van der Waals surface area contributed by atoms with E-state index in [1.165, 1.54) is 22.2 Å². The Balaban J connectivity index is 1.81. The van der Waals surface area contributed by atoms with E-state index in [1.807, 2.05) is 60.0 Å². The van der Waals surface area contributed by atoms with Crippen LogP contribution in [0.3, 0.4) is 0 Å². The first-order valence-electron chi connectivity index (χ1n) is 8.97. The molecule has 0 unspecified atom stereocenters. The van der Waals surface area contributed by atoms with Gasteiger partial charge in [0.1, 0.15) is 10.9 Å². The topological polar surface area (TPSA) is 72.2 Å². The van der Waals surface area contributed by atoms with Gasteiger partial charge in [0.25, 0.3) is 5.56 Å². The minimum absolute atomic E-state index is 0.313. The minimum atomic E-state index is -1.03. The normalized spacial score (nSPS) is 12.2. The standard InChI is InChI=1S/C22H18N2O3S/c1-2-18(22(26)27)24-13-23-20-19(21(24)25)17(12-28-20)16-10-8-15(9-11-16)14-6-4-3-5-7-14/h3-13,18H,2H2,1H3,(H,26,27)/t18-/m0/s1. The van der Waals surface area contributed by atoms with E-state index in [0.29, 0.717) is 16.6 Å². The van der Waals surface area contributed by atoms with Crippen LogP contribution in [0.1, 0.15) is 19.4 Å². The summed E-state index contributed by atoms with van der Waals surface area (Å²) in [6, 6.07) is 17.2. The van der Waals surface area contributed by atoms with Crippen LogP contribution in [0.15, 0.2) is 71.1 Å². The summed E-state index contributed by atoms with van der Waals surface area (Å²) in [5, 5.41) is 11.8. The molecular weight excluding hydrogens is 372 g/mol. The van der Waals surface area contributed by atoms with Gasteiger partial charge in [-0.15, -0.1) is 11.3 Å². The SMILES string of the molecule is CC[C@@H](C(=O)O)n1cnc2scc(-c3ccc(-c4ccccc4)cc3)c2c1=O. The fourth-order valence-corrected chi connectivity index (χ4v) is 4.25. The van der Waals surface area contributed by atoms with Gasteiger partial charge in [-0.05, 0) is 23.1 Å². The van der Waals surface area contributed by atoms with Gasteiger partial charge in [-0.25, -0.2) is 9.78 Å². The average molecular weight is 390 g/mol. The Labute approximate surface area is 165 Å². The van der Waals surface area contributed by atoms with Crippen molar-refractivity contribution >= 4 is 27.5 Å². The molecular formula is C22H18N2O3S. The molecule has 0 amide bonds. The van der Waals surface area contributed by atoms with Gasteiger partial charge in [-0.3, -0.25) is 9.36 Å². The van der Waals surface area contributed by atoms with Crippen molar-refractivity contribution < 1.29 is 9.90 Å². The van der Waals surface area contributed by atoms with Crippen LogP contribution in [0.25, 0.3) is 32.5 Å². The molecule has 0 saturated carbocycles. The molecule has 6 heteroatoms. The Kier molecular flexibility index (Phi) is 4.79. The second kappa shape index (κ2) is 7.40. The fraction of sp³-hybridized carbons (Fsp3) is 0.136. The van der Waals surface area contributed by atoms with E-state index in [4.69, 9.17) is 0 Å². The molecule has 0 fully saturated rings. The Bertz CT molecular complexity index is 1190. The van der Waals surface area contributed by atoms with E-state index < -0.39 is 12.0 Å². The highest BCUT2D eigenvalue weighted by atomic mass is 32.1. The average Bonchev–Trinajstić information content (AvgIpc) is 3.16. The second-order valence-electron chi connectivity index (χ2n) is 6.49. The number of carboxylic acid groups (broad SMARTS) is 1. The Morgan fingerprint density at radius 2 is 1.71 bits per heavy atom. The number of hydrogen-bond donors (Lipinski definition) is 1. The number of benzene rings is 2. The van der Waals surface area contributed by atoms with Crippen molar-refractivity contribution in [2.24, 2.45) is 0 Å². The molecule has 28 heavy (non-hydrogen) atoms. The molecule has 4 aromatic rings. The highest BCUT2D eigenvalue weighted by Gasteiger charge is 2.21. The molecule has 0 aliphatic rings. The molecule has 2 aromatic heterocycles. The number of hydrogen-bond acceptors (Lipinski definition) is 4. The highest BCUT2D eigenvalue weighted by Crippen LogP contribution is 2.32. The smallest absolute Gasteiger partial charge is 0.326 e. The van der Waals surface area contributed by atoms with Gasteiger partial charge in [-0.2, -0.15) is 0 Å². The number of thiophene rings is 1. The third kappa shape index (κ3) is 3.12. The first-order valence-corrected chi connectivity index (χ1v) is 9.85. The third-order valence-corrected chi connectivity index (χ3v) is 5.72. The van der Waals surface area contributed by atoms with Crippen LogP contribution in [0.2, 0.25) is 0 Å². The Morgan fingerprint density at radius 1 is 1.07 bits per heavy atom. The molecule has 4 rings (SSSR count). The molecule has 0 aliphatic carbocycles. The summed E-state index contributed by atoms with van der Waals surface area (Å²) >= 11 is 1.39. The van der Waals surface area contributed by atoms with Crippen molar-refractivity contribution in [1.29, 1.82) is 0 Å². The molecule has 0 saturated heterocycles. The van der Waals surface area contributed by atoms with E-state index in [1.54, 1.807) is 6.92 Å². The fourth-order valence-electron chi connectivity index (χ4n) is 3.34. The predicted octanol–water partition coefficient (Wildman–Crippen LogP) is 4.83. The number of rotatable bonds is 5. The molecule has 140 valence electrons. The van der Waals surface area contributed by atoms with E-state index in [-0.39, 0.29) is 5.56 Å². The highest BCUT2D eigenvalue weighted by molar-refractivity contribution is 7.17. The molecule has 0 radical (unpaired) electrons. The lowest BCUT2D eigenvalue weighted by Gasteiger charge is -2.13. The summed E-state index contributed by atoms with van der Waals surface area (Å²) in [6.07, 6.45) is 1.65. The number of aromatic nitrogens is 2. The summed E-state index contributed by atoms with van der Waals surface area (Å²) < 4.78 is 1.22. The first kappa shape index (κ1) is 18.1. The maximum Gasteiger partial charge on any atom is 0.326 e. The second-order valence-corrected chi connectivity index (χ2v) is 7.35. The van der Waals surface area contributed by atoms with Crippen molar-refractivity contribution in [1.82, 2.24) is 9.55 Å². The van der Waals surface area contributed by atoms with Crippen LogP contribution in [0, 0.1) is 0 Å². The maximum absolute atomic E-state index is 13.0. The van der Waals surface area contributed by atoms with Crippen molar-refractivity contribution in [2.75, 3.05) is 0 Å². The van der Waals surface area contributed by atoms with E-state index >= 15 is 0 Å². The monoisotopic (exact) mass is 390 g/mol. The molecule has 5 nitrogen and oxygen atoms in total. The lowest BCUT2D eigenvalue weighted by Crippen LogP contribution is -2.29.